The maximum Gasteiger partial charge on any atom is 0.244 e. The molecule has 0 fully saturated rings. The van der Waals surface area contributed by atoms with Crippen molar-refractivity contribution in [1.82, 2.24) is 10.2 Å². The molecule has 2 aromatic carbocycles. The van der Waals surface area contributed by atoms with Gasteiger partial charge in [-0.05, 0) is 37.1 Å². The summed E-state index contributed by atoms with van der Waals surface area (Å²) in [5, 5.41) is 17.4. The van der Waals surface area contributed by atoms with Crippen LogP contribution < -0.4 is 24.7 Å². The largest absolute Gasteiger partial charge is 0.493 e. The summed E-state index contributed by atoms with van der Waals surface area (Å²) in [6, 6.07) is 11.9. The number of rotatable bonds is 5. The van der Waals surface area contributed by atoms with E-state index in [0.717, 1.165) is 16.8 Å². The number of nitriles is 1. The molecule has 8 heteroatoms. The number of aromatic amines is 1. The van der Waals surface area contributed by atoms with Gasteiger partial charge in [-0.15, -0.1) is 5.10 Å². The van der Waals surface area contributed by atoms with E-state index in [1.54, 1.807) is 20.3 Å². The van der Waals surface area contributed by atoms with Crippen LogP contribution >= 0.6 is 0 Å². The third-order valence-electron chi connectivity index (χ3n) is 5.78. The molecule has 0 radical (unpaired) electrons. The van der Waals surface area contributed by atoms with Crippen molar-refractivity contribution in [3.05, 3.63) is 64.0 Å². The van der Waals surface area contributed by atoms with Crippen LogP contribution in [0.4, 0.5) is 0 Å². The van der Waals surface area contributed by atoms with Crippen molar-refractivity contribution in [1.29, 1.82) is 5.26 Å². The predicted octanol–water partition coefficient (Wildman–Crippen LogP) is 3.94. The Balaban J connectivity index is 2.01. The predicted molar refractivity (Wildman–Crippen MR) is 119 cm³/mol. The Hall–Kier alpha value is -4.12. The number of hydrogen-bond acceptors (Lipinski definition) is 7. The molecule has 0 aliphatic carbocycles. The molecule has 3 aromatic rings. The van der Waals surface area contributed by atoms with E-state index in [2.05, 4.69) is 29.3 Å². The average molecular weight is 432 g/mol. The molecular weight excluding hydrogens is 408 g/mol. The number of aryl methyl sites for hydroxylation is 2. The molecule has 164 valence electrons. The van der Waals surface area contributed by atoms with Crippen LogP contribution in [0.25, 0.3) is 11.3 Å². The first-order chi connectivity index (χ1) is 15.4. The Morgan fingerprint density at radius 2 is 1.78 bits per heavy atom. The molecule has 3 N–H and O–H groups in total. The Bertz CT molecular complexity index is 1270. The van der Waals surface area contributed by atoms with Crippen LogP contribution in [0.1, 0.15) is 28.2 Å². The lowest BCUT2D eigenvalue weighted by atomic mass is 9.82. The van der Waals surface area contributed by atoms with Crippen LogP contribution in [0.3, 0.4) is 0 Å². The van der Waals surface area contributed by atoms with Crippen molar-refractivity contribution >= 4 is 0 Å². The fraction of sp³-hybridized carbons (Fsp3) is 0.250. The lowest BCUT2D eigenvalue weighted by molar-refractivity contribution is 0.321. The van der Waals surface area contributed by atoms with Crippen LogP contribution in [0.15, 0.2) is 41.8 Å². The number of hydrogen-bond donors (Lipinski definition) is 2. The van der Waals surface area contributed by atoms with Gasteiger partial charge >= 0.3 is 0 Å². The third-order valence-corrected chi connectivity index (χ3v) is 5.78. The first-order valence-corrected chi connectivity index (χ1v) is 9.97. The van der Waals surface area contributed by atoms with Crippen LogP contribution in [0, 0.1) is 25.2 Å². The minimum absolute atomic E-state index is 0.0000235. The molecule has 1 aliphatic rings. The molecule has 0 saturated carbocycles. The number of nitrogens with one attached hydrogen (secondary N) is 1. The molecule has 8 nitrogen and oxygen atoms in total. The maximum atomic E-state index is 9.99. The van der Waals surface area contributed by atoms with Gasteiger partial charge in [-0.25, -0.2) is 0 Å². The normalized spacial score (nSPS) is 14.9. The van der Waals surface area contributed by atoms with Crippen molar-refractivity contribution < 1.29 is 18.9 Å². The summed E-state index contributed by atoms with van der Waals surface area (Å²) in [7, 11) is 4.63. The topological polar surface area (TPSA) is 115 Å². The summed E-state index contributed by atoms with van der Waals surface area (Å²) in [6.07, 6.45) is 0. The van der Waals surface area contributed by atoms with Gasteiger partial charge in [0.2, 0.25) is 17.5 Å². The zero-order chi connectivity index (χ0) is 23.0. The zero-order valence-corrected chi connectivity index (χ0v) is 18.6. The average Bonchev–Trinajstić information content (AvgIpc) is 3.22. The number of methoxy groups -OCH3 is 3. The number of nitrogens with two attached hydrogens (primary N) is 1. The van der Waals surface area contributed by atoms with Gasteiger partial charge in [0.25, 0.3) is 0 Å². The van der Waals surface area contributed by atoms with Gasteiger partial charge in [0.15, 0.2) is 11.5 Å². The smallest absolute Gasteiger partial charge is 0.244 e. The number of fused-ring (bicyclic) bond motifs is 1. The first-order valence-electron chi connectivity index (χ1n) is 9.97. The van der Waals surface area contributed by atoms with Crippen LogP contribution in [-0.2, 0) is 0 Å². The fourth-order valence-electron chi connectivity index (χ4n) is 4.02. The highest BCUT2D eigenvalue weighted by Gasteiger charge is 2.38. The molecule has 0 unspecified atom stereocenters. The second kappa shape index (κ2) is 8.19. The van der Waals surface area contributed by atoms with Gasteiger partial charge in [0.05, 0.1) is 38.5 Å². The van der Waals surface area contributed by atoms with Crippen LogP contribution in [0.2, 0.25) is 0 Å². The lowest BCUT2D eigenvalue weighted by Crippen LogP contribution is -2.21. The Kier molecular flexibility index (Phi) is 5.41. The first kappa shape index (κ1) is 21.1. The summed E-state index contributed by atoms with van der Waals surface area (Å²) < 4.78 is 22.4. The Labute approximate surface area is 186 Å². The van der Waals surface area contributed by atoms with E-state index in [1.807, 2.05) is 25.1 Å². The van der Waals surface area contributed by atoms with E-state index in [0.29, 0.717) is 34.3 Å². The molecular formula is C24H24N4O4. The standard InChI is InChI=1S/C24H24N4O4/c1-12-6-7-14(10-13(12)2)20-19-18(16(11-25)23(26)32-24(19)28-27-20)15-8-9-17(29-3)22(31-5)21(15)30-4/h6-10,18H,26H2,1-5H3,(H,27,28)/t18-/m1/s1. The zero-order valence-electron chi connectivity index (χ0n) is 18.6. The van der Waals surface area contributed by atoms with Gasteiger partial charge in [-0.1, -0.05) is 18.2 Å². The molecule has 1 aliphatic heterocycles. The quantitative estimate of drug-likeness (QED) is 0.627. The number of nitrogens with zero attached hydrogens (tertiary/aromatic N) is 2. The van der Waals surface area contributed by atoms with E-state index < -0.39 is 5.92 Å². The highest BCUT2D eigenvalue weighted by molar-refractivity contribution is 5.73. The summed E-state index contributed by atoms with van der Waals surface area (Å²) in [5.41, 5.74) is 11.7. The summed E-state index contributed by atoms with van der Waals surface area (Å²) in [4.78, 5) is 0. The Morgan fingerprint density at radius 1 is 1.03 bits per heavy atom. The minimum atomic E-state index is -0.589. The number of allylic oxidation sites excluding steroid dienone is 1. The minimum Gasteiger partial charge on any atom is -0.493 e. The van der Waals surface area contributed by atoms with Gasteiger partial charge in [-0.2, -0.15) is 5.26 Å². The number of benzene rings is 2. The van der Waals surface area contributed by atoms with Crippen molar-refractivity contribution in [2.45, 2.75) is 19.8 Å². The van der Waals surface area contributed by atoms with Crippen molar-refractivity contribution in [3.8, 4) is 40.5 Å². The molecule has 4 rings (SSSR count). The van der Waals surface area contributed by atoms with E-state index in [-0.39, 0.29) is 11.5 Å². The van der Waals surface area contributed by atoms with Crippen molar-refractivity contribution in [2.75, 3.05) is 21.3 Å². The molecule has 0 saturated heterocycles. The number of H-pyrrole nitrogens is 1. The number of ether oxygens (including phenoxy) is 4. The molecule has 1 atom stereocenters. The molecule has 0 bridgehead atoms. The second-order valence-corrected chi connectivity index (χ2v) is 7.46. The van der Waals surface area contributed by atoms with Crippen LogP contribution in [-0.4, -0.2) is 31.5 Å². The third kappa shape index (κ3) is 3.19. The molecule has 0 amide bonds. The Morgan fingerprint density at radius 3 is 2.41 bits per heavy atom. The van der Waals surface area contributed by atoms with Gasteiger partial charge < -0.3 is 24.7 Å². The highest BCUT2D eigenvalue weighted by atomic mass is 16.5. The molecule has 2 heterocycles. The lowest BCUT2D eigenvalue weighted by Gasteiger charge is -2.26. The monoisotopic (exact) mass is 432 g/mol. The van der Waals surface area contributed by atoms with E-state index in [9.17, 15) is 5.26 Å². The van der Waals surface area contributed by atoms with E-state index in [4.69, 9.17) is 24.7 Å². The highest BCUT2D eigenvalue weighted by Crippen LogP contribution is 2.51. The van der Waals surface area contributed by atoms with Gasteiger partial charge in [0.1, 0.15) is 11.6 Å². The maximum absolute atomic E-state index is 9.99. The SMILES string of the molecule is COc1ccc([C@@H]2C(C#N)=C(N)Oc3n[nH]c(-c4ccc(C)c(C)c4)c32)c(OC)c1OC. The second-order valence-electron chi connectivity index (χ2n) is 7.46. The fourth-order valence-corrected chi connectivity index (χ4v) is 4.02. The van der Waals surface area contributed by atoms with E-state index >= 15 is 0 Å². The molecule has 1 aromatic heterocycles. The van der Waals surface area contributed by atoms with E-state index in [1.165, 1.54) is 12.7 Å². The van der Waals surface area contributed by atoms with Crippen molar-refractivity contribution in [3.63, 3.8) is 0 Å². The summed E-state index contributed by atoms with van der Waals surface area (Å²) >= 11 is 0. The summed E-state index contributed by atoms with van der Waals surface area (Å²) in [5.74, 6) is 1.10. The van der Waals surface area contributed by atoms with Gasteiger partial charge in [0, 0.05) is 11.1 Å². The molecule has 0 spiro atoms. The number of aromatic nitrogens is 2. The van der Waals surface area contributed by atoms with Crippen molar-refractivity contribution in [2.24, 2.45) is 5.73 Å². The summed E-state index contributed by atoms with van der Waals surface area (Å²) in [6.45, 7) is 4.10. The van der Waals surface area contributed by atoms with Crippen LogP contribution in [0.5, 0.6) is 23.1 Å². The molecule has 32 heavy (non-hydrogen) atoms. The van der Waals surface area contributed by atoms with Gasteiger partial charge in [-0.3, -0.25) is 5.10 Å².